The zero-order valence-corrected chi connectivity index (χ0v) is 18.5. The fourth-order valence-electron chi connectivity index (χ4n) is 4.87. The molecule has 1 unspecified atom stereocenters. The lowest BCUT2D eigenvalue weighted by molar-refractivity contribution is -0.122. The summed E-state index contributed by atoms with van der Waals surface area (Å²) in [5.41, 5.74) is 5.50. The van der Waals surface area contributed by atoms with Crippen molar-refractivity contribution in [3.63, 3.8) is 0 Å². The Balaban J connectivity index is 1.51. The first-order valence-corrected chi connectivity index (χ1v) is 11.6. The van der Waals surface area contributed by atoms with Crippen molar-refractivity contribution in [2.24, 2.45) is 17.6 Å². The Hall–Kier alpha value is -2.20. The maximum absolute atomic E-state index is 13.2. The molecule has 3 saturated heterocycles. The number of anilines is 1. The molecule has 0 aromatic carbocycles. The molecule has 0 spiro atoms. The van der Waals surface area contributed by atoms with Gasteiger partial charge in [-0.1, -0.05) is 6.92 Å². The van der Waals surface area contributed by atoms with Gasteiger partial charge < -0.3 is 20.3 Å². The highest BCUT2D eigenvalue weighted by atomic mass is 16.5. The minimum absolute atomic E-state index is 0.0261. The first-order chi connectivity index (χ1) is 15.0. The van der Waals surface area contributed by atoms with Gasteiger partial charge in [0.25, 0.3) is 5.91 Å². The average molecular weight is 434 g/mol. The number of amides is 2. The van der Waals surface area contributed by atoms with E-state index in [-0.39, 0.29) is 17.7 Å². The molecule has 31 heavy (non-hydrogen) atoms. The Morgan fingerprint density at radius 2 is 1.71 bits per heavy atom. The van der Waals surface area contributed by atoms with Gasteiger partial charge in [-0.2, -0.15) is 0 Å². The quantitative estimate of drug-likeness (QED) is 0.653. The summed E-state index contributed by atoms with van der Waals surface area (Å²) in [6.45, 7) is 10.2. The van der Waals surface area contributed by atoms with Gasteiger partial charge in [-0.05, 0) is 31.6 Å². The summed E-state index contributed by atoms with van der Waals surface area (Å²) in [6, 6.07) is 0. The molecule has 3 aliphatic heterocycles. The lowest BCUT2D eigenvalue weighted by atomic mass is 9.96. The highest BCUT2D eigenvalue weighted by Gasteiger charge is 2.31. The Bertz CT molecular complexity index is 763. The minimum atomic E-state index is -0.231. The number of hydrogen-bond acceptors (Lipinski definition) is 7. The lowest BCUT2D eigenvalue weighted by Gasteiger charge is -2.33. The van der Waals surface area contributed by atoms with E-state index in [2.05, 4.69) is 26.9 Å². The molecule has 3 fully saturated rings. The lowest BCUT2D eigenvalue weighted by Crippen LogP contribution is -2.41. The number of nitrogens with two attached hydrogens (primary N) is 1. The van der Waals surface area contributed by atoms with Gasteiger partial charge in [0, 0.05) is 58.3 Å². The number of carbonyl (C=O) groups is 2. The molecule has 172 valence electrons. The Kier molecular flexibility index (Phi) is 7.06. The fraction of sp³-hybridized carbons (Fsp3) is 0.810. The number of rotatable bonds is 7. The van der Waals surface area contributed by atoms with Crippen LogP contribution in [0.5, 0.6) is 0 Å². The normalized spacial score (nSPS) is 22.1. The number of primary amides is 1. The van der Waals surface area contributed by atoms with E-state index in [4.69, 9.17) is 10.5 Å². The topological polar surface area (TPSA) is 110 Å². The number of hydrogen-bond donors (Lipinski definition) is 1. The molecule has 0 aliphatic carbocycles. The average Bonchev–Trinajstić information content (AvgIpc) is 3.44. The van der Waals surface area contributed by atoms with E-state index in [1.54, 1.807) is 0 Å². The second-order valence-electron chi connectivity index (χ2n) is 9.12. The van der Waals surface area contributed by atoms with E-state index in [1.165, 1.54) is 0 Å². The van der Waals surface area contributed by atoms with Gasteiger partial charge in [-0.15, -0.1) is 10.2 Å². The summed E-state index contributed by atoms with van der Waals surface area (Å²) in [4.78, 5) is 31.2. The van der Waals surface area contributed by atoms with E-state index in [1.807, 2.05) is 9.47 Å². The van der Waals surface area contributed by atoms with Gasteiger partial charge in [0.2, 0.25) is 17.7 Å². The van der Waals surface area contributed by atoms with Gasteiger partial charge in [-0.3, -0.25) is 19.1 Å². The molecule has 4 rings (SSSR count). The maximum atomic E-state index is 13.2. The van der Waals surface area contributed by atoms with Crippen LogP contribution in [0.2, 0.25) is 0 Å². The van der Waals surface area contributed by atoms with E-state index >= 15 is 0 Å². The molecule has 10 nitrogen and oxygen atoms in total. The predicted molar refractivity (Wildman–Crippen MR) is 116 cm³/mol. The third-order valence-electron chi connectivity index (χ3n) is 6.66. The molecule has 0 radical (unpaired) electrons. The minimum Gasteiger partial charge on any atom is -0.379 e. The molecule has 1 aromatic rings. The third-order valence-corrected chi connectivity index (χ3v) is 6.66. The summed E-state index contributed by atoms with van der Waals surface area (Å²) >= 11 is 0. The molecular formula is C21H35N7O3. The molecule has 3 aliphatic rings. The molecular weight excluding hydrogens is 398 g/mol. The molecule has 4 heterocycles. The molecule has 10 heteroatoms. The monoisotopic (exact) mass is 433 g/mol. The number of carbonyl (C=O) groups excluding carboxylic acids is 2. The second-order valence-corrected chi connectivity index (χ2v) is 9.12. The van der Waals surface area contributed by atoms with Crippen molar-refractivity contribution in [1.29, 1.82) is 0 Å². The highest BCUT2D eigenvalue weighted by molar-refractivity contribution is 5.91. The Morgan fingerprint density at radius 3 is 2.35 bits per heavy atom. The Labute approximate surface area is 183 Å². The number of piperidine rings is 1. The van der Waals surface area contributed by atoms with Gasteiger partial charge in [0.1, 0.15) is 0 Å². The van der Waals surface area contributed by atoms with Gasteiger partial charge in [0.15, 0.2) is 0 Å². The zero-order valence-electron chi connectivity index (χ0n) is 18.5. The predicted octanol–water partition coefficient (Wildman–Crippen LogP) is 0.184. The van der Waals surface area contributed by atoms with Crippen LogP contribution in [-0.2, 0) is 16.1 Å². The standard InChI is InChI=1S/C21H35N7O3/c1-16(14-25-10-12-31-13-11-25)15-28-19(20(30)26-6-2-3-7-26)23-24-21(28)27-8-4-17(5-9-27)18(22)29/h16-17H,2-15H2,1H3,(H2,22,29). The number of aromatic nitrogens is 3. The summed E-state index contributed by atoms with van der Waals surface area (Å²) in [5.74, 6) is 1.16. The number of morpholine rings is 1. The molecule has 0 bridgehead atoms. The van der Waals surface area contributed by atoms with Crippen LogP contribution in [0, 0.1) is 11.8 Å². The SMILES string of the molecule is CC(CN1CCOCC1)Cn1c(C(=O)N2CCCC2)nnc1N1CCC(C(N)=O)CC1. The molecule has 2 amide bonds. The van der Waals surface area contributed by atoms with Crippen LogP contribution < -0.4 is 10.6 Å². The smallest absolute Gasteiger partial charge is 0.291 e. The summed E-state index contributed by atoms with van der Waals surface area (Å²) in [7, 11) is 0. The summed E-state index contributed by atoms with van der Waals surface area (Å²) < 4.78 is 7.47. The third kappa shape index (κ3) is 5.17. The van der Waals surface area contributed by atoms with E-state index in [0.29, 0.717) is 44.2 Å². The molecule has 1 aromatic heterocycles. The number of likely N-dealkylation sites (tertiary alicyclic amines) is 1. The highest BCUT2D eigenvalue weighted by Crippen LogP contribution is 2.25. The van der Waals surface area contributed by atoms with Crippen LogP contribution in [0.4, 0.5) is 5.95 Å². The number of nitrogens with zero attached hydrogens (tertiary/aromatic N) is 6. The Morgan fingerprint density at radius 1 is 1.03 bits per heavy atom. The van der Waals surface area contributed by atoms with E-state index in [0.717, 1.165) is 64.7 Å². The largest absolute Gasteiger partial charge is 0.379 e. The molecule has 2 N–H and O–H groups in total. The fourth-order valence-corrected chi connectivity index (χ4v) is 4.87. The molecule has 0 saturated carbocycles. The van der Waals surface area contributed by atoms with Crippen molar-refractivity contribution >= 4 is 17.8 Å². The van der Waals surface area contributed by atoms with Gasteiger partial charge in [-0.25, -0.2) is 0 Å². The van der Waals surface area contributed by atoms with Crippen LogP contribution in [0.3, 0.4) is 0 Å². The van der Waals surface area contributed by atoms with Crippen molar-refractivity contribution in [1.82, 2.24) is 24.6 Å². The zero-order chi connectivity index (χ0) is 21.8. The van der Waals surface area contributed by atoms with Crippen LogP contribution >= 0.6 is 0 Å². The van der Waals surface area contributed by atoms with E-state index in [9.17, 15) is 9.59 Å². The van der Waals surface area contributed by atoms with Gasteiger partial charge in [0.05, 0.1) is 13.2 Å². The second kappa shape index (κ2) is 9.95. The first-order valence-electron chi connectivity index (χ1n) is 11.6. The number of ether oxygens (including phenoxy) is 1. The van der Waals surface area contributed by atoms with Crippen LogP contribution in [-0.4, -0.2) is 95.4 Å². The van der Waals surface area contributed by atoms with Crippen molar-refractivity contribution in [2.45, 2.75) is 39.2 Å². The van der Waals surface area contributed by atoms with Crippen LogP contribution in [0.15, 0.2) is 0 Å². The van der Waals surface area contributed by atoms with Crippen molar-refractivity contribution in [3.05, 3.63) is 5.82 Å². The van der Waals surface area contributed by atoms with Crippen molar-refractivity contribution < 1.29 is 14.3 Å². The van der Waals surface area contributed by atoms with Crippen LogP contribution in [0.25, 0.3) is 0 Å². The summed E-state index contributed by atoms with van der Waals surface area (Å²) in [5, 5.41) is 8.79. The van der Waals surface area contributed by atoms with Crippen molar-refractivity contribution in [2.75, 3.05) is 63.9 Å². The first kappa shape index (κ1) is 22.0. The maximum Gasteiger partial charge on any atom is 0.291 e. The molecule has 1 atom stereocenters. The van der Waals surface area contributed by atoms with Crippen LogP contribution in [0.1, 0.15) is 43.2 Å². The van der Waals surface area contributed by atoms with Gasteiger partial charge >= 0.3 is 0 Å². The van der Waals surface area contributed by atoms with Crippen molar-refractivity contribution in [3.8, 4) is 0 Å². The van der Waals surface area contributed by atoms with E-state index < -0.39 is 0 Å². The summed E-state index contributed by atoms with van der Waals surface area (Å²) in [6.07, 6.45) is 3.50.